The number of rotatable bonds is 4. The summed E-state index contributed by atoms with van der Waals surface area (Å²) in [6, 6.07) is 17.6. The topological polar surface area (TPSA) is 58.8 Å². The van der Waals surface area contributed by atoms with Crippen molar-refractivity contribution in [1.29, 1.82) is 0 Å². The molecule has 0 unspecified atom stereocenters. The average molecular weight is 394 g/mol. The van der Waals surface area contributed by atoms with E-state index in [2.05, 4.69) is 0 Å². The summed E-state index contributed by atoms with van der Waals surface area (Å²) in [5, 5.41) is 9.12. The fourth-order valence-electron chi connectivity index (χ4n) is 3.19. The molecule has 0 aliphatic rings. The Balaban J connectivity index is 1.90. The Hall–Kier alpha value is -3.44. The minimum atomic E-state index is -1.02. The fraction of sp³-hybridized carbons (Fsp3) is 0. The average Bonchev–Trinajstić information content (AvgIpc) is 3.07. The number of aromatic nitrogens is 1. The molecule has 0 aliphatic heterocycles. The van der Waals surface area contributed by atoms with Gasteiger partial charge in [0.25, 0.3) is 0 Å². The van der Waals surface area contributed by atoms with Gasteiger partial charge in [0.2, 0.25) is 5.78 Å². The SMILES string of the molecule is O=C(O)c1ccc(-c2cc(C(=O)c3c(F)cccc3Cl)n3ccccc23)cc1. The van der Waals surface area contributed by atoms with Gasteiger partial charge in [-0.05, 0) is 48.0 Å². The first-order valence-corrected chi connectivity index (χ1v) is 8.77. The lowest BCUT2D eigenvalue weighted by atomic mass is 10.0. The van der Waals surface area contributed by atoms with E-state index in [1.807, 2.05) is 12.1 Å². The van der Waals surface area contributed by atoms with Crippen LogP contribution in [0.15, 0.2) is 72.9 Å². The van der Waals surface area contributed by atoms with Gasteiger partial charge in [0.05, 0.1) is 27.4 Å². The van der Waals surface area contributed by atoms with E-state index in [1.165, 1.54) is 30.3 Å². The summed E-state index contributed by atoms with van der Waals surface area (Å²) in [7, 11) is 0. The first-order chi connectivity index (χ1) is 13.5. The summed E-state index contributed by atoms with van der Waals surface area (Å²) in [5.41, 5.74) is 2.46. The Bertz CT molecular complexity index is 1210. The van der Waals surface area contributed by atoms with Crippen molar-refractivity contribution in [3.05, 3.63) is 101 Å². The predicted octanol–water partition coefficient (Wildman–Crippen LogP) is 5.33. The van der Waals surface area contributed by atoms with Crippen LogP contribution in [0.5, 0.6) is 0 Å². The van der Waals surface area contributed by atoms with Gasteiger partial charge in [0.1, 0.15) is 5.82 Å². The fourth-order valence-corrected chi connectivity index (χ4v) is 3.44. The molecule has 2 aromatic heterocycles. The summed E-state index contributed by atoms with van der Waals surface area (Å²) in [4.78, 5) is 24.1. The summed E-state index contributed by atoms with van der Waals surface area (Å²) in [6.07, 6.45) is 1.71. The summed E-state index contributed by atoms with van der Waals surface area (Å²) >= 11 is 6.07. The molecule has 0 spiro atoms. The Morgan fingerprint density at radius 3 is 2.39 bits per heavy atom. The molecule has 4 rings (SSSR count). The van der Waals surface area contributed by atoms with Gasteiger partial charge in [0.15, 0.2) is 0 Å². The van der Waals surface area contributed by atoms with E-state index < -0.39 is 17.6 Å². The molecule has 138 valence electrons. The van der Waals surface area contributed by atoms with Crippen LogP contribution in [0.4, 0.5) is 4.39 Å². The van der Waals surface area contributed by atoms with Crippen LogP contribution in [0, 0.1) is 5.82 Å². The minimum Gasteiger partial charge on any atom is -0.478 e. The second-order valence-corrected chi connectivity index (χ2v) is 6.61. The molecular weight excluding hydrogens is 381 g/mol. The van der Waals surface area contributed by atoms with Gasteiger partial charge < -0.3 is 9.51 Å². The lowest BCUT2D eigenvalue weighted by molar-refractivity contribution is 0.0696. The van der Waals surface area contributed by atoms with Gasteiger partial charge in [-0.15, -0.1) is 0 Å². The molecule has 2 heterocycles. The molecule has 6 heteroatoms. The first-order valence-electron chi connectivity index (χ1n) is 8.40. The van der Waals surface area contributed by atoms with Gasteiger partial charge in [-0.25, -0.2) is 9.18 Å². The van der Waals surface area contributed by atoms with Crippen molar-refractivity contribution < 1.29 is 19.1 Å². The van der Waals surface area contributed by atoms with E-state index in [1.54, 1.807) is 34.9 Å². The van der Waals surface area contributed by atoms with E-state index in [9.17, 15) is 14.0 Å². The van der Waals surface area contributed by atoms with Crippen LogP contribution in [0.2, 0.25) is 5.02 Å². The smallest absolute Gasteiger partial charge is 0.335 e. The monoisotopic (exact) mass is 393 g/mol. The zero-order valence-corrected chi connectivity index (χ0v) is 15.2. The van der Waals surface area contributed by atoms with Crippen LogP contribution >= 0.6 is 11.6 Å². The molecule has 28 heavy (non-hydrogen) atoms. The zero-order valence-electron chi connectivity index (χ0n) is 14.4. The highest BCUT2D eigenvalue weighted by Crippen LogP contribution is 2.31. The largest absolute Gasteiger partial charge is 0.478 e. The molecular formula is C22H13ClFNO3. The molecule has 4 aromatic rings. The number of pyridine rings is 1. The molecule has 0 aliphatic carbocycles. The zero-order chi connectivity index (χ0) is 19.8. The summed E-state index contributed by atoms with van der Waals surface area (Å²) < 4.78 is 15.9. The number of hydrogen-bond donors (Lipinski definition) is 1. The normalized spacial score (nSPS) is 10.9. The number of carbonyl (C=O) groups excluding carboxylic acids is 1. The van der Waals surface area contributed by atoms with Gasteiger partial charge in [0, 0.05) is 11.8 Å². The molecule has 0 atom stereocenters. The van der Waals surface area contributed by atoms with Gasteiger partial charge in [-0.3, -0.25) is 4.79 Å². The van der Waals surface area contributed by atoms with E-state index in [-0.39, 0.29) is 21.8 Å². The lowest BCUT2D eigenvalue weighted by Crippen LogP contribution is -2.08. The number of hydrogen-bond acceptors (Lipinski definition) is 2. The minimum absolute atomic E-state index is 0.0447. The number of carboxylic acid groups (broad SMARTS) is 1. The molecule has 1 N–H and O–H groups in total. The molecule has 0 fully saturated rings. The van der Waals surface area contributed by atoms with Crippen molar-refractivity contribution in [2.24, 2.45) is 0 Å². The number of carboxylic acids is 1. The van der Waals surface area contributed by atoms with Crippen molar-refractivity contribution in [2.75, 3.05) is 0 Å². The second-order valence-electron chi connectivity index (χ2n) is 6.21. The number of carbonyl (C=O) groups is 2. The van der Waals surface area contributed by atoms with Crippen LogP contribution in [-0.4, -0.2) is 21.3 Å². The Morgan fingerprint density at radius 1 is 0.964 bits per heavy atom. The third kappa shape index (κ3) is 2.96. The number of halogens is 2. The van der Waals surface area contributed by atoms with E-state index in [0.29, 0.717) is 0 Å². The van der Waals surface area contributed by atoms with Crippen LogP contribution < -0.4 is 0 Å². The number of nitrogens with zero attached hydrogens (tertiary/aromatic N) is 1. The number of fused-ring (bicyclic) bond motifs is 1. The molecule has 2 aromatic carbocycles. The molecule has 0 amide bonds. The number of benzene rings is 2. The van der Waals surface area contributed by atoms with Crippen LogP contribution in [0.1, 0.15) is 26.4 Å². The highest BCUT2D eigenvalue weighted by molar-refractivity contribution is 6.35. The van der Waals surface area contributed by atoms with E-state index >= 15 is 0 Å². The lowest BCUT2D eigenvalue weighted by Gasteiger charge is -2.05. The van der Waals surface area contributed by atoms with Crippen molar-refractivity contribution >= 4 is 28.9 Å². The highest BCUT2D eigenvalue weighted by Gasteiger charge is 2.22. The molecule has 0 saturated heterocycles. The van der Waals surface area contributed by atoms with Crippen LogP contribution in [0.25, 0.3) is 16.6 Å². The Morgan fingerprint density at radius 2 is 1.71 bits per heavy atom. The van der Waals surface area contributed by atoms with Crippen molar-refractivity contribution in [3.8, 4) is 11.1 Å². The third-order valence-electron chi connectivity index (χ3n) is 4.54. The van der Waals surface area contributed by atoms with E-state index in [4.69, 9.17) is 16.7 Å². The number of aromatic carboxylic acids is 1. The van der Waals surface area contributed by atoms with Crippen molar-refractivity contribution in [1.82, 2.24) is 4.40 Å². The predicted molar refractivity (Wildman–Crippen MR) is 105 cm³/mol. The maximum atomic E-state index is 14.3. The maximum absolute atomic E-state index is 14.3. The third-order valence-corrected chi connectivity index (χ3v) is 4.86. The second kappa shape index (κ2) is 6.94. The molecule has 0 bridgehead atoms. The van der Waals surface area contributed by atoms with Crippen LogP contribution in [-0.2, 0) is 0 Å². The van der Waals surface area contributed by atoms with E-state index in [0.717, 1.165) is 16.6 Å². The highest BCUT2D eigenvalue weighted by atomic mass is 35.5. The number of ketones is 1. The summed E-state index contributed by atoms with van der Waals surface area (Å²) in [5.74, 6) is -2.23. The van der Waals surface area contributed by atoms with Gasteiger partial charge >= 0.3 is 5.97 Å². The van der Waals surface area contributed by atoms with Crippen LogP contribution in [0.3, 0.4) is 0 Å². The molecule has 0 radical (unpaired) electrons. The Labute approximate surface area is 164 Å². The standard InChI is InChI=1S/C22H13ClFNO3/c23-16-4-3-5-17(24)20(16)21(26)19-12-15(18-6-1-2-11-25(18)19)13-7-9-14(10-8-13)22(27)28/h1-12H,(H,27,28). The van der Waals surface area contributed by atoms with Crippen molar-refractivity contribution in [3.63, 3.8) is 0 Å². The quantitative estimate of drug-likeness (QED) is 0.477. The van der Waals surface area contributed by atoms with Gasteiger partial charge in [-0.1, -0.05) is 35.9 Å². The first kappa shape index (κ1) is 17.9. The summed E-state index contributed by atoms with van der Waals surface area (Å²) in [6.45, 7) is 0. The van der Waals surface area contributed by atoms with Gasteiger partial charge in [-0.2, -0.15) is 0 Å². The molecule has 4 nitrogen and oxygen atoms in total. The maximum Gasteiger partial charge on any atom is 0.335 e. The molecule has 0 saturated carbocycles. The van der Waals surface area contributed by atoms with Crippen molar-refractivity contribution in [2.45, 2.75) is 0 Å². The Kier molecular flexibility index (Phi) is 4.45.